The molecule has 0 aliphatic rings. The molecule has 0 radical (unpaired) electrons. The van der Waals surface area contributed by atoms with Crippen molar-refractivity contribution in [3.05, 3.63) is 71.5 Å². The number of amides is 1. The molecule has 2 aromatic carbocycles. The molecule has 0 spiro atoms. The molecular weight excluding hydrogens is 334 g/mol. The van der Waals surface area contributed by atoms with E-state index in [4.69, 9.17) is 0 Å². The van der Waals surface area contributed by atoms with Crippen LogP contribution >= 0.6 is 0 Å². The van der Waals surface area contributed by atoms with Gasteiger partial charge in [-0.3, -0.25) is 9.00 Å². The van der Waals surface area contributed by atoms with Crippen molar-refractivity contribution in [1.29, 1.82) is 0 Å². The molecule has 6 heteroatoms. The molecule has 5 nitrogen and oxygen atoms in total. The number of para-hydroxylation sites is 1. The lowest BCUT2D eigenvalue weighted by Crippen LogP contribution is -2.13. The van der Waals surface area contributed by atoms with E-state index < -0.39 is 10.8 Å². The predicted octanol–water partition coefficient (Wildman–Crippen LogP) is 3.48. The molecule has 128 valence electrons. The Labute approximate surface area is 149 Å². The van der Waals surface area contributed by atoms with Gasteiger partial charge in [0.05, 0.1) is 32.8 Å². The minimum absolute atomic E-state index is 0.238. The first-order valence-electron chi connectivity index (χ1n) is 7.83. The van der Waals surface area contributed by atoms with Gasteiger partial charge in [0.2, 0.25) is 0 Å². The molecular formula is C19H19N3O2S. The molecule has 3 rings (SSSR count). The van der Waals surface area contributed by atoms with E-state index in [0.717, 1.165) is 17.1 Å². The number of anilines is 1. The Balaban J connectivity index is 1.82. The lowest BCUT2D eigenvalue weighted by molar-refractivity contribution is 0.102. The lowest BCUT2D eigenvalue weighted by atomic mass is 10.2. The molecule has 1 heterocycles. The summed E-state index contributed by atoms with van der Waals surface area (Å²) in [5, 5.41) is 7.26. The molecule has 0 fully saturated rings. The van der Waals surface area contributed by atoms with Crippen molar-refractivity contribution in [2.24, 2.45) is 0 Å². The average Bonchev–Trinajstić information content (AvgIpc) is 2.93. The van der Waals surface area contributed by atoms with Crippen LogP contribution in [0, 0.1) is 13.8 Å². The zero-order valence-corrected chi connectivity index (χ0v) is 15.1. The van der Waals surface area contributed by atoms with E-state index in [9.17, 15) is 9.00 Å². The van der Waals surface area contributed by atoms with Gasteiger partial charge in [-0.05, 0) is 56.3 Å². The van der Waals surface area contributed by atoms with Gasteiger partial charge in [-0.25, -0.2) is 4.68 Å². The fraction of sp³-hybridized carbons (Fsp3) is 0.158. The Kier molecular flexibility index (Phi) is 4.81. The van der Waals surface area contributed by atoms with E-state index in [1.807, 2.05) is 36.7 Å². The van der Waals surface area contributed by atoms with Crippen LogP contribution < -0.4 is 5.32 Å². The second-order valence-corrected chi connectivity index (χ2v) is 7.14. The maximum absolute atomic E-state index is 12.5. The molecule has 1 N–H and O–H groups in total. The second kappa shape index (κ2) is 7.03. The van der Waals surface area contributed by atoms with Gasteiger partial charge in [0, 0.05) is 17.5 Å². The van der Waals surface area contributed by atoms with Crippen LogP contribution in [0.4, 0.5) is 5.69 Å². The first-order chi connectivity index (χ1) is 12.0. The zero-order valence-electron chi connectivity index (χ0n) is 14.3. The van der Waals surface area contributed by atoms with E-state index >= 15 is 0 Å². The summed E-state index contributed by atoms with van der Waals surface area (Å²) in [6.07, 6.45) is 1.59. The maximum Gasteiger partial charge on any atom is 0.255 e. The van der Waals surface area contributed by atoms with Crippen LogP contribution in [0.1, 0.15) is 21.7 Å². The fourth-order valence-electron chi connectivity index (χ4n) is 2.66. The zero-order chi connectivity index (χ0) is 18.0. The normalized spacial score (nSPS) is 12.0. The lowest BCUT2D eigenvalue weighted by Gasteiger charge is -2.10. The topological polar surface area (TPSA) is 64.0 Å². The van der Waals surface area contributed by atoms with Crippen molar-refractivity contribution in [1.82, 2.24) is 9.78 Å². The van der Waals surface area contributed by atoms with E-state index in [1.165, 1.54) is 0 Å². The third-order valence-electron chi connectivity index (χ3n) is 3.83. The van der Waals surface area contributed by atoms with Crippen LogP contribution in [0.25, 0.3) is 5.69 Å². The van der Waals surface area contributed by atoms with Gasteiger partial charge >= 0.3 is 0 Å². The average molecular weight is 353 g/mol. The van der Waals surface area contributed by atoms with Crippen LogP contribution in [0.15, 0.2) is 59.5 Å². The SMILES string of the molecule is Cc1cc(C)n(-c2ccc(C(=O)Nc3ccccc3[S@@](C)=O)cc2)n1. The van der Waals surface area contributed by atoms with E-state index in [2.05, 4.69) is 10.4 Å². The van der Waals surface area contributed by atoms with E-state index in [-0.39, 0.29) is 5.91 Å². The van der Waals surface area contributed by atoms with Crippen molar-refractivity contribution in [2.45, 2.75) is 18.7 Å². The van der Waals surface area contributed by atoms with Gasteiger partial charge in [0.15, 0.2) is 0 Å². The quantitative estimate of drug-likeness (QED) is 0.781. The number of aryl methyl sites for hydroxylation is 2. The molecule has 0 saturated heterocycles. The number of carbonyl (C=O) groups excluding carboxylic acids is 1. The largest absolute Gasteiger partial charge is 0.321 e. The van der Waals surface area contributed by atoms with Crippen LogP contribution in [0.3, 0.4) is 0 Å². The number of nitrogens with one attached hydrogen (secondary N) is 1. The van der Waals surface area contributed by atoms with E-state index in [0.29, 0.717) is 16.1 Å². The van der Waals surface area contributed by atoms with Gasteiger partial charge in [-0.15, -0.1) is 0 Å². The highest BCUT2D eigenvalue weighted by molar-refractivity contribution is 7.84. The van der Waals surface area contributed by atoms with E-state index in [1.54, 1.807) is 42.7 Å². The minimum atomic E-state index is -1.17. The molecule has 1 atom stereocenters. The monoisotopic (exact) mass is 353 g/mol. The van der Waals surface area contributed by atoms with Gasteiger partial charge in [-0.1, -0.05) is 12.1 Å². The highest BCUT2D eigenvalue weighted by atomic mass is 32.2. The number of hydrogen-bond donors (Lipinski definition) is 1. The number of carbonyl (C=O) groups is 1. The Morgan fingerprint density at radius 1 is 1.08 bits per heavy atom. The number of aromatic nitrogens is 2. The molecule has 1 aromatic heterocycles. The Morgan fingerprint density at radius 2 is 1.76 bits per heavy atom. The predicted molar refractivity (Wildman–Crippen MR) is 99.8 cm³/mol. The van der Waals surface area contributed by atoms with Gasteiger partial charge < -0.3 is 5.32 Å². The van der Waals surface area contributed by atoms with Crippen molar-refractivity contribution in [3.63, 3.8) is 0 Å². The summed E-state index contributed by atoms with van der Waals surface area (Å²) in [6.45, 7) is 3.93. The number of rotatable bonds is 4. The molecule has 1 amide bonds. The molecule has 0 aliphatic carbocycles. The minimum Gasteiger partial charge on any atom is -0.321 e. The van der Waals surface area contributed by atoms with Gasteiger partial charge in [0.25, 0.3) is 5.91 Å². The maximum atomic E-state index is 12.5. The summed E-state index contributed by atoms with van der Waals surface area (Å²) >= 11 is 0. The Hall–Kier alpha value is -2.73. The summed E-state index contributed by atoms with van der Waals surface area (Å²) in [5.41, 5.74) is 3.98. The molecule has 0 saturated carbocycles. The number of nitrogens with zero attached hydrogens (tertiary/aromatic N) is 2. The number of benzene rings is 2. The molecule has 0 unspecified atom stereocenters. The summed E-state index contributed by atoms with van der Waals surface area (Å²) in [4.78, 5) is 13.1. The summed E-state index contributed by atoms with van der Waals surface area (Å²) < 4.78 is 13.6. The van der Waals surface area contributed by atoms with Crippen molar-refractivity contribution in [3.8, 4) is 5.69 Å². The highest BCUT2D eigenvalue weighted by Crippen LogP contribution is 2.20. The van der Waals surface area contributed by atoms with Gasteiger partial charge in [0.1, 0.15) is 0 Å². The molecule has 25 heavy (non-hydrogen) atoms. The Morgan fingerprint density at radius 3 is 2.36 bits per heavy atom. The molecule has 3 aromatic rings. The Bertz CT molecular complexity index is 946. The summed E-state index contributed by atoms with van der Waals surface area (Å²) in [5.74, 6) is -0.238. The first-order valence-corrected chi connectivity index (χ1v) is 9.39. The third-order valence-corrected chi connectivity index (χ3v) is 4.80. The molecule has 0 bridgehead atoms. The van der Waals surface area contributed by atoms with Crippen LogP contribution in [-0.2, 0) is 10.8 Å². The summed E-state index contributed by atoms with van der Waals surface area (Å²) in [6, 6.07) is 16.3. The van der Waals surface area contributed by atoms with Crippen molar-refractivity contribution in [2.75, 3.05) is 11.6 Å². The fourth-order valence-corrected chi connectivity index (χ4v) is 3.36. The van der Waals surface area contributed by atoms with Crippen molar-refractivity contribution >= 4 is 22.4 Å². The van der Waals surface area contributed by atoms with Crippen LogP contribution in [-0.4, -0.2) is 26.2 Å². The highest BCUT2D eigenvalue weighted by Gasteiger charge is 2.11. The molecule has 0 aliphatic heterocycles. The standard InChI is InChI=1S/C19H19N3O2S/c1-13-12-14(2)22(21-13)16-10-8-15(9-11-16)19(23)20-17-6-4-5-7-18(17)25(3)24/h4-12H,1-3H3,(H,20,23)/t25-/m1/s1. The van der Waals surface area contributed by atoms with Crippen LogP contribution in [0.2, 0.25) is 0 Å². The van der Waals surface area contributed by atoms with Crippen molar-refractivity contribution < 1.29 is 9.00 Å². The third kappa shape index (κ3) is 3.69. The summed E-state index contributed by atoms with van der Waals surface area (Å²) in [7, 11) is -1.17. The van der Waals surface area contributed by atoms with Gasteiger partial charge in [-0.2, -0.15) is 5.10 Å². The second-order valence-electron chi connectivity index (χ2n) is 5.79. The first kappa shape index (κ1) is 17.1. The number of hydrogen-bond acceptors (Lipinski definition) is 3. The van der Waals surface area contributed by atoms with Crippen LogP contribution in [0.5, 0.6) is 0 Å². The smallest absolute Gasteiger partial charge is 0.255 e.